The summed E-state index contributed by atoms with van der Waals surface area (Å²) in [6.45, 7) is 76.1. The minimum absolute atomic E-state index is 0.0145. The Labute approximate surface area is 773 Å². The minimum Gasteiger partial charge on any atom is -0.310 e. The quantitative estimate of drug-likeness (QED) is 0.141. The lowest BCUT2D eigenvalue weighted by Crippen LogP contribution is -2.61. The fourth-order valence-corrected chi connectivity index (χ4v) is 19.4. The maximum Gasteiger partial charge on any atom is 0.252 e. The molecule has 13 aromatic carbocycles. The van der Waals surface area contributed by atoms with Gasteiger partial charge < -0.3 is 18.9 Å². The molecule has 0 bridgehead atoms. The first-order valence-electron chi connectivity index (χ1n) is 50.3. The van der Waals surface area contributed by atoms with E-state index in [-0.39, 0.29) is 94.7 Å². The molecule has 4 heterocycles. The van der Waals surface area contributed by atoms with Gasteiger partial charge in [-0.1, -0.05) is 374 Å². The minimum atomic E-state index is -0.564. The molecule has 2 aromatic heterocycles. The van der Waals surface area contributed by atoms with Crippen molar-refractivity contribution >= 4 is 101 Å². The van der Waals surface area contributed by atoms with Gasteiger partial charge in [-0.3, -0.25) is 0 Å². The zero-order valence-corrected chi connectivity index (χ0v) is 82.3. The van der Waals surface area contributed by atoms with Gasteiger partial charge in [0.15, 0.2) is 0 Å². The average molecular weight is 1680 g/mol. The Bertz CT molecular complexity index is 7260. The van der Waals surface area contributed by atoms with Crippen molar-refractivity contribution < 1.29 is 11.0 Å². The number of aromatic nitrogens is 2. The summed E-state index contributed by atoms with van der Waals surface area (Å²) < 4.78 is 82.1. The molecular weight excluding hydrogens is 1530 g/mol. The number of hydrogen-bond acceptors (Lipinski definition) is 2. The lowest BCUT2D eigenvalue weighted by molar-refractivity contribution is 0.568. The molecule has 0 saturated carbocycles. The van der Waals surface area contributed by atoms with E-state index in [1.165, 1.54) is 60.8 Å². The predicted octanol–water partition coefficient (Wildman–Crippen LogP) is 32.9. The normalized spacial score (nSPS) is 14.9. The zero-order valence-electron chi connectivity index (χ0n) is 90.3. The highest BCUT2D eigenvalue weighted by Crippen LogP contribution is 2.58. The maximum absolute atomic E-state index is 10.2. The van der Waals surface area contributed by atoms with Crippen LogP contribution in [0.4, 0.5) is 34.1 Å². The van der Waals surface area contributed by atoms with Crippen LogP contribution in [0.25, 0.3) is 99.5 Å². The summed E-state index contributed by atoms with van der Waals surface area (Å²) in [6.07, 6.45) is 0. The first-order chi connectivity index (χ1) is 62.2. The van der Waals surface area contributed by atoms with E-state index in [9.17, 15) is 11.0 Å². The molecule has 2 aliphatic heterocycles. The molecule has 5 heteroatoms. The van der Waals surface area contributed by atoms with E-state index in [1.807, 2.05) is 6.07 Å². The molecule has 650 valence electrons. The molecule has 0 fully saturated rings. The molecule has 2 aliphatic rings. The number of benzene rings is 13. The summed E-state index contributed by atoms with van der Waals surface area (Å²) in [5, 5.41) is 2.40. The number of nitrogens with zero attached hydrogens (tertiary/aromatic N) is 4. The van der Waals surface area contributed by atoms with Gasteiger partial charge in [0.05, 0.1) is 44.4 Å². The van der Waals surface area contributed by atoms with E-state index in [1.54, 1.807) is 4.57 Å². The summed E-state index contributed by atoms with van der Waals surface area (Å²) in [5.41, 5.74) is 31.0. The van der Waals surface area contributed by atoms with Crippen LogP contribution in [0.15, 0.2) is 242 Å². The molecular formula is C122H139BN4. The third-order valence-electron chi connectivity index (χ3n) is 27.4. The summed E-state index contributed by atoms with van der Waals surface area (Å²) in [5.74, 6) is 0. The van der Waals surface area contributed by atoms with Crippen molar-refractivity contribution in [2.24, 2.45) is 0 Å². The van der Waals surface area contributed by atoms with Crippen LogP contribution in [0.5, 0.6) is 0 Å². The van der Waals surface area contributed by atoms with Gasteiger partial charge in [0.1, 0.15) is 0 Å². The van der Waals surface area contributed by atoms with Crippen molar-refractivity contribution in [3.05, 3.63) is 304 Å². The second-order valence-electron chi connectivity index (χ2n) is 48.4. The highest BCUT2D eigenvalue weighted by Gasteiger charge is 2.48. The van der Waals surface area contributed by atoms with Crippen LogP contribution < -0.4 is 26.2 Å². The van der Waals surface area contributed by atoms with E-state index in [0.29, 0.717) is 5.69 Å². The van der Waals surface area contributed by atoms with Crippen molar-refractivity contribution in [3.8, 4) is 55.9 Å². The number of anilines is 6. The summed E-state index contributed by atoms with van der Waals surface area (Å²) >= 11 is 0. The van der Waals surface area contributed by atoms with Crippen molar-refractivity contribution in [2.75, 3.05) is 9.80 Å². The van der Waals surface area contributed by atoms with Gasteiger partial charge in [0.25, 0.3) is 6.71 Å². The van der Waals surface area contributed by atoms with Gasteiger partial charge in [0.2, 0.25) is 0 Å². The molecule has 0 N–H and O–H groups in total. The van der Waals surface area contributed by atoms with Gasteiger partial charge in [0, 0.05) is 77.9 Å². The third-order valence-corrected chi connectivity index (χ3v) is 27.4. The van der Waals surface area contributed by atoms with Gasteiger partial charge >= 0.3 is 0 Å². The van der Waals surface area contributed by atoms with Crippen LogP contribution in [0.1, 0.15) is 301 Å². The molecule has 0 saturated heterocycles. The highest BCUT2D eigenvalue weighted by atomic mass is 15.2. The largest absolute Gasteiger partial charge is 0.310 e. The highest BCUT2D eigenvalue weighted by molar-refractivity contribution is 7.00. The summed E-state index contributed by atoms with van der Waals surface area (Å²) in [6, 6.07) is 72.9. The smallest absolute Gasteiger partial charge is 0.252 e. The Kier molecular flexibility index (Phi) is 18.4. The standard InChI is InChI=1S/C122H139BN4/c1-112(2,3)77-46-42-74(43-47-77)92-65-84(119(22,23)24)67-94(76-60-82(117(16,17)18)62-83(61-76)118(19,20)21)110(92)126-105-72-87(124-101-40-36-34-38-90(101)91-39-35-37-41-102(91)124)53-56-99(105)123-100-57-54-88(125-103-58-51-79(114(7,8)9)63-95(103)96-64-80(115(10,11)12)52-59-104(96)125)73-106(100)127(108-71-86(121(28,29)30)70-107(126)109(108)123)111-93(75-44-48-78(49-45-75)113(4,5)6)66-85(120(25,26)27)68-97(111)89-55-50-81(116(13,14)15)69-98(89)122(31,32)33/h34-73H,1-33H3/i34D,35D,36D,37D,38D,39D,40D,41D. The van der Waals surface area contributed by atoms with Crippen molar-refractivity contribution in [3.63, 3.8) is 0 Å². The number of para-hydroxylation sites is 2. The van der Waals surface area contributed by atoms with Crippen molar-refractivity contribution in [2.45, 2.75) is 288 Å². The number of hydrogen-bond donors (Lipinski definition) is 0. The Balaban J connectivity index is 1.15. The number of rotatable bonds is 8. The molecule has 0 unspecified atom stereocenters. The van der Waals surface area contributed by atoms with E-state index in [4.69, 9.17) is 0 Å². The molecule has 4 nitrogen and oxygen atoms in total. The van der Waals surface area contributed by atoms with Gasteiger partial charge in [-0.05, 0) is 256 Å². The first kappa shape index (κ1) is 78.4. The van der Waals surface area contributed by atoms with E-state index in [0.717, 1.165) is 123 Å². The average Bonchev–Trinajstić information content (AvgIpc) is 1.45. The SMILES string of the molecule is [2H]c1c([2H])c([2H])c2c(c1[2H])c1c([2H])c([2H])c([2H])c([2H])c1n2-c1ccc2c(c1)N(c1c(-c3ccc(C(C)(C)C)cc3)cc(C(C)(C)C)cc1-c1cc(C(C)(C)C)cc(C(C)(C)C)c1)c1cc(C(C)(C)C)cc3c1B2c1ccc(-n2c4ccc(C(C)(C)C)cc4c4cc(C(C)(C)C)ccc42)cc1N3c1c(-c2ccc(C(C)(C)C)cc2)cc(C(C)(C)C)cc1-c1ccc(C(C)(C)C)cc1C(C)(C)C. The first-order valence-corrected chi connectivity index (χ1v) is 46.3. The molecule has 0 aliphatic carbocycles. The van der Waals surface area contributed by atoms with Crippen LogP contribution >= 0.6 is 0 Å². The zero-order chi connectivity index (χ0) is 98.6. The van der Waals surface area contributed by atoms with Crippen LogP contribution in [0.2, 0.25) is 0 Å². The topological polar surface area (TPSA) is 16.3 Å². The van der Waals surface area contributed by atoms with Gasteiger partial charge in [-0.2, -0.15) is 0 Å². The Morgan fingerprint density at radius 2 is 0.535 bits per heavy atom. The van der Waals surface area contributed by atoms with E-state index in [2.05, 4.69) is 431 Å². The Hall–Kier alpha value is -10.9. The van der Waals surface area contributed by atoms with Crippen molar-refractivity contribution in [1.82, 2.24) is 9.13 Å². The predicted molar refractivity (Wildman–Crippen MR) is 557 cm³/mol. The fraction of sp³-hybridized carbons (Fsp3) is 0.361. The van der Waals surface area contributed by atoms with Gasteiger partial charge in [-0.25, -0.2) is 0 Å². The lowest BCUT2D eigenvalue weighted by Gasteiger charge is -2.47. The Morgan fingerprint density at radius 1 is 0.220 bits per heavy atom. The van der Waals surface area contributed by atoms with E-state index < -0.39 is 41.7 Å². The second kappa shape index (κ2) is 29.9. The molecule has 0 radical (unpaired) electrons. The third kappa shape index (κ3) is 15.7. The molecule has 0 amide bonds. The number of fused-ring (bicyclic) bond motifs is 10. The lowest BCUT2D eigenvalue weighted by atomic mass is 9.33. The molecule has 127 heavy (non-hydrogen) atoms. The molecule has 15 aromatic rings. The van der Waals surface area contributed by atoms with Crippen LogP contribution in [0.3, 0.4) is 0 Å². The van der Waals surface area contributed by atoms with Crippen LogP contribution in [-0.4, -0.2) is 15.8 Å². The molecule has 17 rings (SSSR count). The van der Waals surface area contributed by atoms with Crippen LogP contribution in [0, 0.1) is 0 Å². The fourth-order valence-electron chi connectivity index (χ4n) is 19.4. The summed E-state index contributed by atoms with van der Waals surface area (Å²) in [7, 11) is 0. The molecule has 0 atom stereocenters. The second-order valence-corrected chi connectivity index (χ2v) is 48.4. The van der Waals surface area contributed by atoms with Crippen molar-refractivity contribution in [1.29, 1.82) is 0 Å². The monoisotopic (exact) mass is 1680 g/mol. The Morgan fingerprint density at radius 3 is 0.913 bits per heavy atom. The maximum atomic E-state index is 10.2. The van der Waals surface area contributed by atoms with Gasteiger partial charge in [-0.15, -0.1) is 0 Å². The molecule has 0 spiro atoms. The van der Waals surface area contributed by atoms with E-state index >= 15 is 0 Å². The van der Waals surface area contributed by atoms with Crippen LogP contribution in [-0.2, 0) is 59.6 Å². The summed E-state index contributed by atoms with van der Waals surface area (Å²) in [4.78, 5) is 5.29.